The second-order valence-electron chi connectivity index (χ2n) is 5.63. The van der Waals surface area contributed by atoms with Crippen molar-refractivity contribution in [1.29, 1.82) is 0 Å². The Labute approximate surface area is 146 Å². The molecule has 0 atom stereocenters. The summed E-state index contributed by atoms with van der Waals surface area (Å²) in [6.07, 6.45) is 23.1. The minimum Gasteiger partial charge on any atom is -0.481 e. The van der Waals surface area contributed by atoms with Crippen molar-refractivity contribution in [2.75, 3.05) is 0 Å². The van der Waals surface area contributed by atoms with Crippen LogP contribution in [-0.4, -0.2) is 16.3 Å². The molecule has 0 saturated carbocycles. The zero-order chi connectivity index (χ0) is 17.9. The first-order chi connectivity index (χ1) is 11.7. The van der Waals surface area contributed by atoms with Crippen molar-refractivity contribution in [2.45, 2.75) is 71.1 Å². The SMILES string of the molecule is CCCCC/C=C\C/C=C\C/C=C\C/C=C(/CCCC(=O)O)OO. The average molecular weight is 336 g/mol. The van der Waals surface area contributed by atoms with Crippen LogP contribution < -0.4 is 0 Å². The Kier molecular flexibility index (Phi) is 16.2. The number of rotatable bonds is 15. The summed E-state index contributed by atoms with van der Waals surface area (Å²) in [7, 11) is 0. The predicted octanol–water partition coefficient (Wildman–Crippen LogP) is 6.03. The second kappa shape index (κ2) is 17.5. The molecular formula is C20H32O4. The van der Waals surface area contributed by atoms with Gasteiger partial charge < -0.3 is 9.99 Å². The van der Waals surface area contributed by atoms with Gasteiger partial charge in [-0.15, -0.1) is 0 Å². The van der Waals surface area contributed by atoms with E-state index in [1.165, 1.54) is 25.7 Å². The van der Waals surface area contributed by atoms with E-state index in [0.717, 1.165) is 12.8 Å². The number of carboxylic acids is 1. The van der Waals surface area contributed by atoms with Crippen molar-refractivity contribution in [2.24, 2.45) is 0 Å². The van der Waals surface area contributed by atoms with Crippen LogP contribution in [-0.2, 0) is 9.68 Å². The molecule has 4 nitrogen and oxygen atoms in total. The van der Waals surface area contributed by atoms with Crippen LogP contribution in [0.4, 0.5) is 0 Å². The molecule has 0 fully saturated rings. The first kappa shape index (κ1) is 22.2. The molecule has 2 N–H and O–H groups in total. The van der Waals surface area contributed by atoms with Crippen LogP contribution in [0.1, 0.15) is 71.1 Å². The Bertz CT molecular complexity index is 419. The van der Waals surface area contributed by atoms with E-state index in [-0.39, 0.29) is 6.42 Å². The van der Waals surface area contributed by atoms with Crippen LogP contribution in [0.2, 0.25) is 0 Å². The van der Waals surface area contributed by atoms with Crippen LogP contribution in [0.25, 0.3) is 0 Å². The molecule has 0 rings (SSSR count). The van der Waals surface area contributed by atoms with E-state index in [2.05, 4.69) is 42.2 Å². The summed E-state index contributed by atoms with van der Waals surface area (Å²) in [5.74, 6) is -0.417. The van der Waals surface area contributed by atoms with Crippen molar-refractivity contribution in [3.8, 4) is 0 Å². The minimum atomic E-state index is -0.838. The van der Waals surface area contributed by atoms with Crippen molar-refractivity contribution >= 4 is 5.97 Å². The van der Waals surface area contributed by atoms with Gasteiger partial charge >= 0.3 is 5.97 Å². The van der Waals surface area contributed by atoms with Gasteiger partial charge in [0.2, 0.25) is 0 Å². The van der Waals surface area contributed by atoms with Crippen molar-refractivity contribution in [3.05, 3.63) is 48.3 Å². The van der Waals surface area contributed by atoms with Crippen molar-refractivity contribution in [1.82, 2.24) is 0 Å². The largest absolute Gasteiger partial charge is 0.481 e. The van der Waals surface area contributed by atoms with Gasteiger partial charge in [0.05, 0.1) is 0 Å². The summed E-state index contributed by atoms with van der Waals surface area (Å²) in [4.78, 5) is 14.7. The van der Waals surface area contributed by atoms with Gasteiger partial charge in [-0.3, -0.25) is 4.79 Å². The molecule has 0 saturated heterocycles. The summed E-state index contributed by atoms with van der Waals surface area (Å²) < 4.78 is 0. The van der Waals surface area contributed by atoms with E-state index in [1.807, 2.05) is 6.08 Å². The first-order valence-electron chi connectivity index (χ1n) is 8.88. The highest BCUT2D eigenvalue weighted by Gasteiger charge is 2.01. The molecule has 0 aliphatic carbocycles. The molecule has 0 aromatic carbocycles. The third-order valence-corrected chi connectivity index (χ3v) is 3.43. The van der Waals surface area contributed by atoms with Gasteiger partial charge in [0, 0.05) is 12.8 Å². The molecular weight excluding hydrogens is 304 g/mol. The lowest BCUT2D eigenvalue weighted by Crippen LogP contribution is -1.95. The smallest absolute Gasteiger partial charge is 0.303 e. The monoisotopic (exact) mass is 336 g/mol. The molecule has 0 spiro atoms. The molecule has 0 bridgehead atoms. The zero-order valence-electron chi connectivity index (χ0n) is 14.8. The summed E-state index contributed by atoms with van der Waals surface area (Å²) >= 11 is 0. The van der Waals surface area contributed by atoms with Gasteiger partial charge in [-0.2, -0.15) is 0 Å². The first-order valence-corrected chi connectivity index (χ1v) is 8.88. The normalized spacial score (nSPS) is 12.7. The minimum absolute atomic E-state index is 0.0778. The number of allylic oxidation sites excluding steroid dienone is 8. The molecule has 0 aliphatic heterocycles. The lowest BCUT2D eigenvalue weighted by molar-refractivity contribution is -0.206. The summed E-state index contributed by atoms with van der Waals surface area (Å²) in [6, 6.07) is 0. The Morgan fingerprint density at radius 2 is 1.50 bits per heavy atom. The molecule has 0 radical (unpaired) electrons. The third kappa shape index (κ3) is 16.6. The number of carboxylic acid groups (broad SMARTS) is 1. The number of hydrogen-bond acceptors (Lipinski definition) is 3. The van der Waals surface area contributed by atoms with E-state index in [4.69, 9.17) is 10.4 Å². The predicted molar refractivity (Wildman–Crippen MR) is 98.7 cm³/mol. The van der Waals surface area contributed by atoms with E-state index in [0.29, 0.717) is 25.0 Å². The maximum atomic E-state index is 10.4. The molecule has 24 heavy (non-hydrogen) atoms. The Balaban J connectivity index is 3.73. The van der Waals surface area contributed by atoms with Crippen LogP contribution in [0.5, 0.6) is 0 Å². The maximum Gasteiger partial charge on any atom is 0.303 e. The fourth-order valence-corrected chi connectivity index (χ4v) is 2.07. The van der Waals surface area contributed by atoms with Crippen molar-refractivity contribution < 1.29 is 20.0 Å². The van der Waals surface area contributed by atoms with Gasteiger partial charge in [-0.05, 0) is 44.6 Å². The molecule has 4 heteroatoms. The highest BCUT2D eigenvalue weighted by Crippen LogP contribution is 2.09. The Morgan fingerprint density at radius 3 is 2.08 bits per heavy atom. The van der Waals surface area contributed by atoms with E-state index in [1.54, 1.807) is 6.08 Å². The molecule has 0 heterocycles. The maximum absolute atomic E-state index is 10.4. The van der Waals surface area contributed by atoms with Crippen LogP contribution in [0.15, 0.2) is 48.3 Å². The molecule has 0 aromatic heterocycles. The van der Waals surface area contributed by atoms with Gasteiger partial charge in [-0.25, -0.2) is 5.26 Å². The van der Waals surface area contributed by atoms with E-state index in [9.17, 15) is 4.79 Å². The summed E-state index contributed by atoms with van der Waals surface area (Å²) in [5.41, 5.74) is 0. The topological polar surface area (TPSA) is 66.8 Å². The fourth-order valence-electron chi connectivity index (χ4n) is 2.07. The zero-order valence-corrected chi connectivity index (χ0v) is 14.8. The number of hydrogen-bond donors (Lipinski definition) is 2. The fraction of sp³-hybridized carbons (Fsp3) is 0.550. The molecule has 136 valence electrons. The highest BCUT2D eigenvalue weighted by atomic mass is 17.1. The average Bonchev–Trinajstić information content (AvgIpc) is 2.57. The third-order valence-electron chi connectivity index (χ3n) is 3.43. The van der Waals surface area contributed by atoms with Crippen LogP contribution >= 0.6 is 0 Å². The standard InChI is InChI=1S/C20H32O4/c1-2-3-4-5-6-7-8-9-10-11-12-13-14-16-19(24-23)17-15-18-20(21)22/h6-7,9-10,12-13,16,23H,2-5,8,11,14-15,17-18H2,1H3,(H,21,22)/b7-6-,10-9-,13-12-,19-16-. The highest BCUT2D eigenvalue weighted by molar-refractivity contribution is 5.66. The molecule has 0 aliphatic rings. The lowest BCUT2D eigenvalue weighted by atomic mass is 10.2. The summed E-state index contributed by atoms with van der Waals surface area (Å²) in [6.45, 7) is 2.22. The number of unbranched alkanes of at least 4 members (excludes halogenated alkanes) is 3. The van der Waals surface area contributed by atoms with Gasteiger partial charge in [-0.1, -0.05) is 56.2 Å². The number of aliphatic carboxylic acids is 1. The van der Waals surface area contributed by atoms with Gasteiger partial charge in [0.15, 0.2) is 0 Å². The second-order valence-corrected chi connectivity index (χ2v) is 5.63. The Morgan fingerprint density at radius 1 is 0.875 bits per heavy atom. The van der Waals surface area contributed by atoms with Crippen molar-refractivity contribution in [3.63, 3.8) is 0 Å². The van der Waals surface area contributed by atoms with E-state index >= 15 is 0 Å². The molecule has 0 amide bonds. The number of carbonyl (C=O) groups is 1. The van der Waals surface area contributed by atoms with Gasteiger partial charge in [0.1, 0.15) is 5.76 Å². The summed E-state index contributed by atoms with van der Waals surface area (Å²) in [5, 5.41) is 17.3. The van der Waals surface area contributed by atoms with Gasteiger partial charge in [0.25, 0.3) is 0 Å². The van der Waals surface area contributed by atoms with Crippen LogP contribution in [0, 0.1) is 0 Å². The molecule has 0 aromatic rings. The Hall–Kier alpha value is -1.81. The lowest BCUT2D eigenvalue weighted by Gasteiger charge is -2.01. The van der Waals surface area contributed by atoms with E-state index < -0.39 is 5.97 Å². The molecule has 0 unspecified atom stereocenters. The van der Waals surface area contributed by atoms with Crippen LogP contribution in [0.3, 0.4) is 0 Å². The quantitative estimate of drug-likeness (QED) is 0.126.